The van der Waals surface area contributed by atoms with Crippen LogP contribution in [-0.4, -0.2) is 29.5 Å². The van der Waals surface area contributed by atoms with E-state index in [4.69, 9.17) is 0 Å². The fraction of sp³-hybridized carbons (Fsp3) is 0.643. The van der Waals surface area contributed by atoms with Gasteiger partial charge >= 0.3 is 12.3 Å². The Morgan fingerprint density at radius 1 is 1.24 bits per heavy atom. The predicted octanol–water partition coefficient (Wildman–Crippen LogP) is 3.56. The molecule has 1 N–H and O–H groups in total. The number of hydrogen-bond acceptors (Lipinski definition) is 3. The zero-order valence-corrected chi connectivity index (χ0v) is 12.5. The number of hydrogen-bond donors (Lipinski definition) is 1. The van der Waals surface area contributed by atoms with Crippen LogP contribution in [0.4, 0.5) is 17.6 Å². The Labute approximate surface area is 121 Å². The van der Waals surface area contributed by atoms with Crippen molar-refractivity contribution >= 4 is 0 Å². The van der Waals surface area contributed by atoms with E-state index in [-0.39, 0.29) is 11.4 Å². The molecule has 3 nitrogen and oxygen atoms in total. The topological polar surface area (TPSA) is 34.1 Å². The summed E-state index contributed by atoms with van der Waals surface area (Å²) < 4.78 is 54.2. The van der Waals surface area contributed by atoms with Crippen molar-refractivity contribution in [1.29, 1.82) is 0 Å². The molecule has 0 amide bonds. The van der Waals surface area contributed by atoms with Crippen LogP contribution >= 0.6 is 0 Å². The van der Waals surface area contributed by atoms with Crippen LogP contribution in [0, 0.1) is 6.92 Å². The van der Waals surface area contributed by atoms with Crippen molar-refractivity contribution < 1.29 is 22.3 Å². The lowest BCUT2D eigenvalue weighted by molar-refractivity contribution is -0.148. The van der Waals surface area contributed by atoms with Gasteiger partial charge in [-0.3, -0.25) is 0 Å². The summed E-state index contributed by atoms with van der Waals surface area (Å²) in [5.41, 5.74) is 1.42. The molecule has 1 aromatic rings. The summed E-state index contributed by atoms with van der Waals surface area (Å²) in [6.45, 7) is 6.92. The lowest BCUT2D eigenvalue weighted by atomic mass is 10.1. The van der Waals surface area contributed by atoms with Crippen LogP contribution in [0.1, 0.15) is 32.0 Å². The first-order valence-corrected chi connectivity index (χ1v) is 6.51. The standard InChI is InChI=1S/C14H20F4N2O/c1-9-10(7-19-13(2,3)4)5-6-11(20-9)21-8-14(17,18)12(15)16/h5-6,12,19H,7-8H2,1-4H3. The van der Waals surface area contributed by atoms with Gasteiger partial charge in [-0.05, 0) is 33.3 Å². The summed E-state index contributed by atoms with van der Waals surface area (Å²) in [6, 6.07) is 3.07. The average Bonchev–Trinajstić information content (AvgIpc) is 2.34. The minimum Gasteiger partial charge on any atom is -0.471 e. The van der Waals surface area contributed by atoms with Gasteiger partial charge in [-0.25, -0.2) is 13.8 Å². The molecule has 0 fully saturated rings. The van der Waals surface area contributed by atoms with E-state index in [0.717, 1.165) is 5.56 Å². The molecule has 0 atom stereocenters. The fourth-order valence-electron chi connectivity index (χ4n) is 1.43. The SMILES string of the molecule is Cc1nc(OCC(F)(F)C(F)F)ccc1CNC(C)(C)C. The molecule has 21 heavy (non-hydrogen) atoms. The summed E-state index contributed by atoms with van der Waals surface area (Å²) >= 11 is 0. The summed E-state index contributed by atoms with van der Waals surface area (Å²) in [4.78, 5) is 4.00. The maximum Gasteiger partial charge on any atom is 0.340 e. The number of aryl methyl sites for hydroxylation is 1. The van der Waals surface area contributed by atoms with Crippen LogP contribution in [0.3, 0.4) is 0 Å². The number of nitrogens with zero attached hydrogens (tertiary/aromatic N) is 1. The zero-order chi connectivity index (χ0) is 16.3. The van der Waals surface area contributed by atoms with E-state index in [2.05, 4.69) is 15.0 Å². The second-order valence-corrected chi connectivity index (χ2v) is 5.85. The molecule has 1 rings (SSSR count). The Balaban J connectivity index is 2.66. The molecule has 0 aliphatic heterocycles. The van der Waals surface area contributed by atoms with Gasteiger partial charge in [0.05, 0.1) is 0 Å². The van der Waals surface area contributed by atoms with Crippen molar-refractivity contribution in [2.24, 2.45) is 0 Å². The third kappa shape index (κ3) is 5.87. The summed E-state index contributed by atoms with van der Waals surface area (Å²) in [5, 5.41) is 3.27. The van der Waals surface area contributed by atoms with Crippen molar-refractivity contribution in [3.8, 4) is 5.88 Å². The van der Waals surface area contributed by atoms with Crippen molar-refractivity contribution in [2.45, 2.75) is 52.1 Å². The Hall–Kier alpha value is -1.37. The van der Waals surface area contributed by atoms with Gasteiger partial charge in [-0.2, -0.15) is 8.78 Å². The third-order valence-electron chi connectivity index (χ3n) is 2.71. The van der Waals surface area contributed by atoms with Gasteiger partial charge < -0.3 is 10.1 Å². The van der Waals surface area contributed by atoms with E-state index in [1.165, 1.54) is 6.07 Å². The number of aromatic nitrogens is 1. The minimum absolute atomic E-state index is 0.0685. The van der Waals surface area contributed by atoms with Crippen molar-refractivity contribution in [3.05, 3.63) is 23.4 Å². The van der Waals surface area contributed by atoms with E-state index in [1.54, 1.807) is 13.0 Å². The second kappa shape index (κ2) is 6.60. The molecule has 0 saturated carbocycles. The van der Waals surface area contributed by atoms with E-state index in [0.29, 0.717) is 12.2 Å². The van der Waals surface area contributed by atoms with Crippen LogP contribution < -0.4 is 10.1 Å². The minimum atomic E-state index is -4.18. The Morgan fingerprint density at radius 3 is 2.33 bits per heavy atom. The first-order valence-electron chi connectivity index (χ1n) is 6.51. The zero-order valence-electron chi connectivity index (χ0n) is 12.5. The number of halogens is 4. The van der Waals surface area contributed by atoms with Crippen LogP contribution in [0.15, 0.2) is 12.1 Å². The average molecular weight is 308 g/mol. The van der Waals surface area contributed by atoms with Gasteiger partial charge in [-0.1, -0.05) is 6.07 Å². The monoisotopic (exact) mass is 308 g/mol. The van der Waals surface area contributed by atoms with Crippen LogP contribution in [-0.2, 0) is 6.54 Å². The fourth-order valence-corrected chi connectivity index (χ4v) is 1.43. The van der Waals surface area contributed by atoms with Gasteiger partial charge in [0.2, 0.25) is 5.88 Å². The molecule has 0 radical (unpaired) electrons. The highest BCUT2D eigenvalue weighted by Gasteiger charge is 2.41. The highest BCUT2D eigenvalue weighted by atomic mass is 19.3. The molecule has 0 bridgehead atoms. The second-order valence-electron chi connectivity index (χ2n) is 5.85. The molecule has 0 unspecified atom stereocenters. The maximum atomic E-state index is 12.8. The van der Waals surface area contributed by atoms with E-state index >= 15 is 0 Å². The number of rotatable bonds is 6. The van der Waals surface area contributed by atoms with Gasteiger partial charge in [0.15, 0.2) is 6.61 Å². The molecule has 1 aromatic heterocycles. The lowest BCUT2D eigenvalue weighted by Gasteiger charge is -2.21. The molecular formula is C14H20F4N2O. The Kier molecular flexibility index (Phi) is 5.55. The Bertz CT molecular complexity index is 473. The molecule has 0 aromatic carbocycles. The maximum absolute atomic E-state index is 12.8. The smallest absolute Gasteiger partial charge is 0.340 e. The molecule has 0 aliphatic rings. The van der Waals surface area contributed by atoms with Crippen molar-refractivity contribution in [1.82, 2.24) is 10.3 Å². The van der Waals surface area contributed by atoms with Gasteiger partial charge in [0.1, 0.15) is 0 Å². The van der Waals surface area contributed by atoms with E-state index < -0.39 is 19.0 Å². The number of nitrogens with one attached hydrogen (secondary N) is 1. The molecule has 0 aliphatic carbocycles. The van der Waals surface area contributed by atoms with E-state index in [1.807, 2.05) is 20.8 Å². The first kappa shape index (κ1) is 17.7. The molecule has 7 heteroatoms. The van der Waals surface area contributed by atoms with Crippen LogP contribution in [0.25, 0.3) is 0 Å². The molecule has 0 saturated heterocycles. The third-order valence-corrected chi connectivity index (χ3v) is 2.71. The highest BCUT2D eigenvalue weighted by Crippen LogP contribution is 2.24. The molecule has 0 spiro atoms. The Morgan fingerprint density at radius 2 is 1.86 bits per heavy atom. The first-order chi connectivity index (χ1) is 9.51. The summed E-state index contributed by atoms with van der Waals surface area (Å²) in [5.74, 6) is -4.27. The lowest BCUT2D eigenvalue weighted by Crippen LogP contribution is -2.35. The highest BCUT2D eigenvalue weighted by molar-refractivity contribution is 5.25. The van der Waals surface area contributed by atoms with Crippen molar-refractivity contribution in [2.75, 3.05) is 6.61 Å². The summed E-state index contributed by atoms with van der Waals surface area (Å²) in [7, 11) is 0. The van der Waals surface area contributed by atoms with Crippen molar-refractivity contribution in [3.63, 3.8) is 0 Å². The molecule has 1 heterocycles. The molecular weight excluding hydrogens is 288 g/mol. The quantitative estimate of drug-likeness (QED) is 0.816. The van der Waals surface area contributed by atoms with Gasteiger partial charge in [-0.15, -0.1) is 0 Å². The van der Waals surface area contributed by atoms with Gasteiger partial charge in [0, 0.05) is 23.8 Å². The van der Waals surface area contributed by atoms with Gasteiger partial charge in [0.25, 0.3) is 0 Å². The molecule has 120 valence electrons. The number of pyridine rings is 1. The summed E-state index contributed by atoms with van der Waals surface area (Å²) in [6.07, 6.45) is -3.76. The largest absolute Gasteiger partial charge is 0.471 e. The van der Waals surface area contributed by atoms with Crippen LogP contribution in [0.5, 0.6) is 5.88 Å². The normalized spacial score (nSPS) is 12.8. The number of ether oxygens (including phenoxy) is 1. The predicted molar refractivity (Wildman–Crippen MR) is 72.0 cm³/mol. The number of alkyl halides is 4. The van der Waals surface area contributed by atoms with Crippen LogP contribution in [0.2, 0.25) is 0 Å². The van der Waals surface area contributed by atoms with E-state index in [9.17, 15) is 17.6 Å².